The van der Waals surface area contributed by atoms with E-state index in [1.807, 2.05) is 27.7 Å². The zero-order valence-electron chi connectivity index (χ0n) is 12.4. The van der Waals surface area contributed by atoms with Crippen LogP contribution in [-0.4, -0.2) is 42.8 Å². The first kappa shape index (κ1) is 23.6. The van der Waals surface area contributed by atoms with Crippen LogP contribution in [0.5, 0.6) is 0 Å². The molecule has 0 spiro atoms. The lowest BCUT2D eigenvalue weighted by molar-refractivity contribution is 0.136. The summed E-state index contributed by atoms with van der Waals surface area (Å²) >= 11 is 10.4. The summed E-state index contributed by atoms with van der Waals surface area (Å²) in [6, 6.07) is 0. The molecule has 0 aliphatic rings. The topological polar surface area (TPSA) is 104 Å². The average molecular weight is 384 g/mol. The Balaban J connectivity index is 0. The van der Waals surface area contributed by atoms with Crippen LogP contribution in [0.25, 0.3) is 0 Å². The van der Waals surface area contributed by atoms with E-state index in [1.54, 1.807) is 0 Å². The number of hydrogen-bond acceptors (Lipinski definition) is 8. The van der Waals surface area contributed by atoms with Gasteiger partial charge >= 0.3 is 19.6 Å². The molecule has 0 atom stereocenters. The SMILES string of the molecule is CCOP(=S)(OCC)OP(=S)(OCC)OCC.O=C(O)O. The van der Waals surface area contributed by atoms with Gasteiger partial charge in [-0.25, -0.2) is 9.11 Å². The van der Waals surface area contributed by atoms with Crippen molar-refractivity contribution in [2.75, 3.05) is 26.4 Å². The van der Waals surface area contributed by atoms with Crippen LogP contribution in [0.4, 0.5) is 4.79 Å². The highest BCUT2D eigenvalue weighted by molar-refractivity contribution is 8.14. The van der Waals surface area contributed by atoms with Crippen molar-refractivity contribution in [1.29, 1.82) is 0 Å². The van der Waals surface area contributed by atoms with E-state index in [-0.39, 0.29) is 0 Å². The molecule has 0 heterocycles. The maximum absolute atomic E-state index is 8.56. The fourth-order valence-electron chi connectivity index (χ4n) is 0.924. The van der Waals surface area contributed by atoms with E-state index >= 15 is 0 Å². The van der Waals surface area contributed by atoms with Crippen LogP contribution >= 0.6 is 13.4 Å². The lowest BCUT2D eigenvalue weighted by Crippen LogP contribution is -2.03. The van der Waals surface area contributed by atoms with Gasteiger partial charge in [0, 0.05) is 0 Å². The smallest absolute Gasteiger partial charge is 0.450 e. The first-order valence-electron chi connectivity index (χ1n) is 6.10. The summed E-state index contributed by atoms with van der Waals surface area (Å²) in [5, 5.41) is 13.9. The third-order valence-electron chi connectivity index (χ3n) is 1.35. The van der Waals surface area contributed by atoms with Crippen LogP contribution < -0.4 is 0 Å². The van der Waals surface area contributed by atoms with Gasteiger partial charge in [-0.1, -0.05) is 0 Å². The van der Waals surface area contributed by atoms with Gasteiger partial charge in [-0.3, -0.25) is 0 Å². The highest BCUT2D eigenvalue weighted by Crippen LogP contribution is 2.66. The summed E-state index contributed by atoms with van der Waals surface area (Å²) in [4.78, 5) is 8.56. The second-order valence-electron chi connectivity index (χ2n) is 2.93. The Morgan fingerprint density at radius 3 is 1.14 bits per heavy atom. The number of carbonyl (C=O) groups is 1. The van der Waals surface area contributed by atoms with Crippen molar-refractivity contribution in [3.05, 3.63) is 0 Å². The highest BCUT2D eigenvalue weighted by Gasteiger charge is 2.31. The van der Waals surface area contributed by atoms with Crippen molar-refractivity contribution < 1.29 is 37.4 Å². The van der Waals surface area contributed by atoms with Gasteiger partial charge in [0.2, 0.25) is 0 Å². The quantitative estimate of drug-likeness (QED) is 0.540. The molecule has 0 saturated carbocycles. The minimum absolute atomic E-state index is 0.394. The van der Waals surface area contributed by atoms with Crippen molar-refractivity contribution in [3.8, 4) is 0 Å². The van der Waals surface area contributed by atoms with Crippen molar-refractivity contribution >= 4 is 43.2 Å². The molecule has 0 unspecified atom stereocenters. The summed E-state index contributed by atoms with van der Waals surface area (Å²) in [6.07, 6.45) is -1.83. The van der Waals surface area contributed by atoms with E-state index in [1.165, 1.54) is 0 Å². The molecule has 128 valence electrons. The van der Waals surface area contributed by atoms with E-state index < -0.39 is 19.6 Å². The molecular formula is C9H22O8P2S2. The summed E-state index contributed by atoms with van der Waals surface area (Å²) in [5.41, 5.74) is 0. The molecule has 0 aromatic rings. The third kappa shape index (κ3) is 13.7. The maximum atomic E-state index is 8.56. The van der Waals surface area contributed by atoms with Crippen LogP contribution in [0.15, 0.2) is 0 Å². The minimum atomic E-state index is -2.87. The number of rotatable bonds is 10. The number of carboxylic acid groups (broad SMARTS) is 2. The Morgan fingerprint density at radius 1 is 0.810 bits per heavy atom. The van der Waals surface area contributed by atoms with E-state index in [2.05, 4.69) is 0 Å². The molecule has 12 heteroatoms. The molecule has 21 heavy (non-hydrogen) atoms. The zero-order chi connectivity index (χ0) is 16.9. The van der Waals surface area contributed by atoms with Crippen LogP contribution in [0.3, 0.4) is 0 Å². The van der Waals surface area contributed by atoms with Crippen molar-refractivity contribution in [3.63, 3.8) is 0 Å². The van der Waals surface area contributed by atoms with Gasteiger partial charge in [0.15, 0.2) is 0 Å². The summed E-state index contributed by atoms with van der Waals surface area (Å²) in [6.45, 7) is 3.09. The molecule has 0 aliphatic heterocycles. The van der Waals surface area contributed by atoms with Crippen LogP contribution in [0.1, 0.15) is 27.7 Å². The standard InChI is InChI=1S/C8H20O5P2S2.CH2O3/c1-5-9-14(16,10-6-2)13-15(17,11-7-3)12-8-4;2-1(3)4/h5-8H2,1-4H3;(H2,2,3,4). The Morgan fingerprint density at radius 2 is 1.00 bits per heavy atom. The molecule has 0 amide bonds. The Hall–Kier alpha value is 0.370. The molecule has 0 rings (SSSR count). The molecule has 8 nitrogen and oxygen atoms in total. The van der Waals surface area contributed by atoms with Gasteiger partial charge < -0.3 is 28.3 Å². The Kier molecular flexibility index (Phi) is 14.5. The maximum Gasteiger partial charge on any atom is 0.503 e. The normalized spacial score (nSPS) is 11.6. The van der Waals surface area contributed by atoms with Crippen molar-refractivity contribution in [1.82, 2.24) is 0 Å². The van der Waals surface area contributed by atoms with Crippen LogP contribution in [-0.2, 0) is 46.0 Å². The predicted octanol–water partition coefficient (Wildman–Crippen LogP) is 3.82. The zero-order valence-corrected chi connectivity index (χ0v) is 15.8. The minimum Gasteiger partial charge on any atom is -0.450 e. The third-order valence-corrected chi connectivity index (χ3v) is 7.71. The lowest BCUT2D eigenvalue weighted by atomic mass is 10.9. The number of hydrogen-bond donors (Lipinski definition) is 2. The molecule has 0 aromatic carbocycles. The monoisotopic (exact) mass is 384 g/mol. The molecular weight excluding hydrogens is 362 g/mol. The van der Waals surface area contributed by atoms with Gasteiger partial charge in [-0.15, -0.1) is 0 Å². The fourth-order valence-corrected chi connectivity index (χ4v) is 7.30. The summed E-state index contributed by atoms with van der Waals surface area (Å²) < 4.78 is 26.9. The summed E-state index contributed by atoms with van der Waals surface area (Å²) in [5.74, 6) is 0. The summed E-state index contributed by atoms with van der Waals surface area (Å²) in [7, 11) is 0. The van der Waals surface area contributed by atoms with Crippen LogP contribution in [0, 0.1) is 0 Å². The molecule has 0 bridgehead atoms. The fraction of sp³-hybridized carbons (Fsp3) is 0.889. The Bertz CT molecular complexity index is 327. The van der Waals surface area contributed by atoms with Gasteiger partial charge in [-0.05, 0) is 51.3 Å². The molecule has 2 N–H and O–H groups in total. The second-order valence-corrected chi connectivity index (χ2v) is 9.09. The van der Waals surface area contributed by atoms with Gasteiger partial charge in [0.05, 0.1) is 26.4 Å². The van der Waals surface area contributed by atoms with Crippen molar-refractivity contribution in [2.45, 2.75) is 27.7 Å². The molecule has 0 radical (unpaired) electrons. The second kappa shape index (κ2) is 12.9. The van der Waals surface area contributed by atoms with Gasteiger partial charge in [0.25, 0.3) is 0 Å². The molecule has 0 aliphatic carbocycles. The first-order valence-corrected chi connectivity index (χ1v) is 11.2. The van der Waals surface area contributed by atoms with E-state index in [0.717, 1.165) is 0 Å². The molecule has 0 aromatic heterocycles. The van der Waals surface area contributed by atoms with Gasteiger partial charge in [-0.2, -0.15) is 0 Å². The Labute approximate surface area is 135 Å². The molecule has 0 saturated heterocycles. The first-order chi connectivity index (χ1) is 9.68. The predicted molar refractivity (Wildman–Crippen MR) is 86.8 cm³/mol. The van der Waals surface area contributed by atoms with Crippen LogP contribution in [0.2, 0.25) is 0 Å². The molecule has 0 fully saturated rings. The van der Waals surface area contributed by atoms with Gasteiger partial charge in [0.1, 0.15) is 0 Å². The highest BCUT2D eigenvalue weighted by atomic mass is 32.5. The lowest BCUT2D eigenvalue weighted by Gasteiger charge is -2.27. The van der Waals surface area contributed by atoms with E-state index in [4.69, 9.17) is 61.0 Å². The van der Waals surface area contributed by atoms with E-state index in [0.29, 0.717) is 26.4 Å². The largest absolute Gasteiger partial charge is 0.503 e. The van der Waals surface area contributed by atoms with E-state index in [9.17, 15) is 0 Å². The average Bonchev–Trinajstić information content (AvgIpc) is 2.28. The van der Waals surface area contributed by atoms with Crippen molar-refractivity contribution in [2.24, 2.45) is 0 Å².